The van der Waals surface area contributed by atoms with Gasteiger partial charge in [0.1, 0.15) is 5.82 Å². The van der Waals surface area contributed by atoms with Gasteiger partial charge in [-0.25, -0.2) is 9.18 Å². The van der Waals surface area contributed by atoms with Gasteiger partial charge in [0.05, 0.1) is 13.2 Å². The summed E-state index contributed by atoms with van der Waals surface area (Å²) in [4.78, 5) is 11.5. The molecule has 0 saturated carbocycles. The summed E-state index contributed by atoms with van der Waals surface area (Å²) in [7, 11) is 0. The molecule has 0 aliphatic carbocycles. The molecule has 0 atom stereocenters. The average Bonchev–Trinajstić information content (AvgIpc) is 2.44. The van der Waals surface area contributed by atoms with Crippen LogP contribution in [0.3, 0.4) is 0 Å². The zero-order chi connectivity index (χ0) is 14.8. The molecule has 0 fully saturated rings. The van der Waals surface area contributed by atoms with Crippen molar-refractivity contribution in [3.8, 4) is 0 Å². The molecule has 112 valence electrons. The first-order valence-corrected chi connectivity index (χ1v) is 6.59. The second-order valence-corrected chi connectivity index (χ2v) is 4.38. The number of carbonyl (C=O) groups excluding carboxylic acids is 1. The average molecular weight is 284 g/mol. The first-order valence-electron chi connectivity index (χ1n) is 6.59. The molecule has 20 heavy (non-hydrogen) atoms. The van der Waals surface area contributed by atoms with E-state index in [0.717, 1.165) is 5.56 Å². The van der Waals surface area contributed by atoms with Crippen molar-refractivity contribution in [1.82, 2.24) is 10.6 Å². The minimum absolute atomic E-state index is 0.00102. The summed E-state index contributed by atoms with van der Waals surface area (Å²) in [5.41, 5.74) is 1.30. The Kier molecular flexibility index (Phi) is 7.60. The fourth-order valence-corrected chi connectivity index (χ4v) is 1.53. The van der Waals surface area contributed by atoms with Gasteiger partial charge < -0.3 is 20.5 Å². The topological polar surface area (TPSA) is 70.6 Å². The number of benzene rings is 1. The number of carbonyl (C=O) groups is 1. The molecule has 0 saturated heterocycles. The molecular formula is C14H21FN2O3. The van der Waals surface area contributed by atoms with Crippen molar-refractivity contribution in [3.63, 3.8) is 0 Å². The van der Waals surface area contributed by atoms with Crippen LogP contribution in [0.4, 0.5) is 9.18 Å². The fourth-order valence-electron chi connectivity index (χ4n) is 1.53. The Labute approximate surface area is 118 Å². The van der Waals surface area contributed by atoms with Crippen molar-refractivity contribution in [2.75, 3.05) is 26.4 Å². The van der Waals surface area contributed by atoms with Crippen LogP contribution in [-0.4, -0.2) is 37.5 Å². The largest absolute Gasteiger partial charge is 0.394 e. The molecule has 1 rings (SSSR count). The lowest BCUT2D eigenvalue weighted by Gasteiger charge is -2.08. The van der Waals surface area contributed by atoms with E-state index in [4.69, 9.17) is 9.84 Å². The van der Waals surface area contributed by atoms with Crippen LogP contribution in [0.2, 0.25) is 0 Å². The Hall–Kier alpha value is -1.66. The van der Waals surface area contributed by atoms with E-state index in [1.165, 1.54) is 6.07 Å². The van der Waals surface area contributed by atoms with Gasteiger partial charge in [0.25, 0.3) is 0 Å². The van der Waals surface area contributed by atoms with Gasteiger partial charge in [-0.3, -0.25) is 0 Å². The summed E-state index contributed by atoms with van der Waals surface area (Å²) >= 11 is 0. The van der Waals surface area contributed by atoms with E-state index < -0.39 is 0 Å². The minimum Gasteiger partial charge on any atom is -0.394 e. The lowest BCUT2D eigenvalue weighted by molar-refractivity contribution is 0.0910. The summed E-state index contributed by atoms with van der Waals surface area (Å²) in [6.07, 6.45) is 0.673. The van der Waals surface area contributed by atoms with Crippen molar-refractivity contribution in [2.24, 2.45) is 0 Å². The SMILES string of the molecule is Cc1ccc(CNC(=O)NCCCOCCO)cc1F. The summed E-state index contributed by atoms with van der Waals surface area (Å²) in [5.74, 6) is -0.272. The van der Waals surface area contributed by atoms with Crippen molar-refractivity contribution in [2.45, 2.75) is 19.9 Å². The number of ether oxygens (including phenoxy) is 1. The second-order valence-electron chi connectivity index (χ2n) is 4.38. The van der Waals surface area contributed by atoms with Crippen LogP contribution in [-0.2, 0) is 11.3 Å². The number of urea groups is 1. The molecule has 0 aromatic heterocycles. The van der Waals surface area contributed by atoms with Crippen LogP contribution in [0.25, 0.3) is 0 Å². The number of hydrogen-bond acceptors (Lipinski definition) is 3. The van der Waals surface area contributed by atoms with Crippen LogP contribution >= 0.6 is 0 Å². The molecule has 6 heteroatoms. The van der Waals surface area contributed by atoms with Crippen LogP contribution in [0, 0.1) is 12.7 Å². The maximum Gasteiger partial charge on any atom is 0.315 e. The third-order valence-electron chi connectivity index (χ3n) is 2.68. The van der Waals surface area contributed by atoms with Crippen molar-refractivity contribution < 1.29 is 19.0 Å². The molecule has 1 aromatic carbocycles. The smallest absolute Gasteiger partial charge is 0.315 e. The first-order chi connectivity index (χ1) is 9.63. The lowest BCUT2D eigenvalue weighted by atomic mass is 10.1. The van der Waals surface area contributed by atoms with E-state index in [9.17, 15) is 9.18 Å². The van der Waals surface area contributed by atoms with E-state index in [0.29, 0.717) is 31.7 Å². The Bertz CT molecular complexity index is 427. The van der Waals surface area contributed by atoms with Crippen molar-refractivity contribution in [3.05, 3.63) is 35.1 Å². The van der Waals surface area contributed by atoms with E-state index in [1.807, 2.05) is 0 Å². The first kappa shape index (κ1) is 16.4. The number of aliphatic hydroxyl groups is 1. The van der Waals surface area contributed by atoms with Gasteiger partial charge in [0.15, 0.2) is 0 Å². The minimum atomic E-state index is -0.298. The number of amides is 2. The van der Waals surface area contributed by atoms with E-state index in [-0.39, 0.29) is 25.0 Å². The highest BCUT2D eigenvalue weighted by Gasteiger charge is 2.02. The number of halogens is 1. The molecule has 0 radical (unpaired) electrons. The Morgan fingerprint density at radius 1 is 1.35 bits per heavy atom. The summed E-state index contributed by atoms with van der Waals surface area (Å²) in [6.45, 7) is 3.26. The van der Waals surface area contributed by atoms with Gasteiger partial charge in [-0.05, 0) is 30.5 Å². The van der Waals surface area contributed by atoms with Crippen molar-refractivity contribution >= 4 is 6.03 Å². The van der Waals surface area contributed by atoms with Crippen LogP contribution in [0.1, 0.15) is 17.5 Å². The molecule has 5 nitrogen and oxygen atoms in total. The highest BCUT2D eigenvalue weighted by atomic mass is 19.1. The Morgan fingerprint density at radius 3 is 2.85 bits per heavy atom. The number of rotatable bonds is 8. The van der Waals surface area contributed by atoms with Gasteiger partial charge >= 0.3 is 6.03 Å². The maximum atomic E-state index is 13.3. The summed E-state index contributed by atoms with van der Waals surface area (Å²) < 4.78 is 18.3. The maximum absolute atomic E-state index is 13.3. The number of aliphatic hydroxyl groups excluding tert-OH is 1. The molecule has 1 aromatic rings. The molecule has 0 bridgehead atoms. The molecule has 3 N–H and O–H groups in total. The Balaban J connectivity index is 2.15. The normalized spacial score (nSPS) is 10.3. The zero-order valence-electron chi connectivity index (χ0n) is 11.6. The second kappa shape index (κ2) is 9.28. The molecule has 2 amide bonds. The van der Waals surface area contributed by atoms with Crippen LogP contribution in [0.5, 0.6) is 0 Å². The predicted octanol–water partition coefficient (Wildman–Crippen LogP) is 1.33. The monoisotopic (exact) mass is 284 g/mol. The molecule has 0 aliphatic heterocycles. The molecule has 0 aliphatic rings. The lowest BCUT2D eigenvalue weighted by Crippen LogP contribution is -2.35. The quantitative estimate of drug-likeness (QED) is 0.631. The van der Waals surface area contributed by atoms with Gasteiger partial charge in [-0.1, -0.05) is 12.1 Å². The number of hydrogen-bond donors (Lipinski definition) is 3. The van der Waals surface area contributed by atoms with Crippen LogP contribution in [0.15, 0.2) is 18.2 Å². The molecule has 0 unspecified atom stereocenters. The molecular weight excluding hydrogens is 263 g/mol. The third-order valence-corrected chi connectivity index (χ3v) is 2.68. The Morgan fingerprint density at radius 2 is 2.15 bits per heavy atom. The number of nitrogens with one attached hydrogen (secondary N) is 2. The zero-order valence-corrected chi connectivity index (χ0v) is 11.6. The van der Waals surface area contributed by atoms with E-state index in [1.54, 1.807) is 19.1 Å². The summed E-state index contributed by atoms with van der Waals surface area (Å²) in [6, 6.07) is 4.58. The molecule has 0 heterocycles. The van der Waals surface area contributed by atoms with E-state index in [2.05, 4.69) is 10.6 Å². The fraction of sp³-hybridized carbons (Fsp3) is 0.500. The highest BCUT2D eigenvalue weighted by molar-refractivity contribution is 5.73. The molecule has 0 spiro atoms. The third kappa shape index (κ3) is 6.49. The predicted molar refractivity (Wildman–Crippen MR) is 73.9 cm³/mol. The van der Waals surface area contributed by atoms with Gasteiger partial charge in [0.2, 0.25) is 0 Å². The highest BCUT2D eigenvalue weighted by Crippen LogP contribution is 2.08. The summed E-state index contributed by atoms with van der Waals surface area (Å²) in [5, 5.41) is 13.8. The number of aryl methyl sites for hydroxylation is 1. The van der Waals surface area contributed by atoms with Gasteiger partial charge in [0, 0.05) is 19.7 Å². The van der Waals surface area contributed by atoms with Crippen LogP contribution < -0.4 is 10.6 Å². The standard InChI is InChI=1S/C14H21FN2O3/c1-11-3-4-12(9-13(11)15)10-17-14(19)16-5-2-7-20-8-6-18/h3-4,9,18H,2,5-8,10H2,1H3,(H2,16,17,19). The van der Waals surface area contributed by atoms with Gasteiger partial charge in [-0.15, -0.1) is 0 Å². The van der Waals surface area contributed by atoms with E-state index >= 15 is 0 Å². The van der Waals surface area contributed by atoms with Gasteiger partial charge in [-0.2, -0.15) is 0 Å². The van der Waals surface area contributed by atoms with Crippen molar-refractivity contribution in [1.29, 1.82) is 0 Å².